The maximum absolute atomic E-state index is 6.14. The molecule has 3 aromatic carbocycles. The van der Waals surface area contributed by atoms with Crippen LogP contribution in [0.1, 0.15) is 0 Å². The number of halogens is 2. The number of benzene rings is 3. The molecule has 21 heavy (non-hydrogen) atoms. The average Bonchev–Trinajstić information content (AvgIpc) is 2.48. The molecular weight excluding hydrogens is 303 g/mol. The van der Waals surface area contributed by atoms with Gasteiger partial charge in [-0.25, -0.2) is 0 Å². The smallest absolute Gasteiger partial charge is 0.137 e. The lowest BCUT2D eigenvalue weighted by Crippen LogP contribution is -1.86. The van der Waals surface area contributed by atoms with Gasteiger partial charge < -0.3 is 4.74 Å². The second-order valence-electron chi connectivity index (χ2n) is 4.51. The van der Waals surface area contributed by atoms with Crippen molar-refractivity contribution in [2.24, 2.45) is 0 Å². The van der Waals surface area contributed by atoms with Crippen molar-refractivity contribution in [3.8, 4) is 22.6 Å². The summed E-state index contributed by atoms with van der Waals surface area (Å²) in [6, 6.07) is 23.9. The minimum absolute atomic E-state index is 0.499. The number of hydrogen-bond donors (Lipinski definition) is 0. The van der Waals surface area contributed by atoms with E-state index in [0.29, 0.717) is 15.8 Å². The van der Waals surface area contributed by atoms with Gasteiger partial charge in [0.15, 0.2) is 0 Å². The summed E-state index contributed by atoms with van der Waals surface area (Å²) in [5.41, 5.74) is 1.92. The largest absolute Gasteiger partial charge is 0.457 e. The lowest BCUT2D eigenvalue weighted by molar-refractivity contribution is 0.482. The predicted molar refractivity (Wildman–Crippen MR) is 87.3 cm³/mol. The van der Waals surface area contributed by atoms with E-state index >= 15 is 0 Å². The van der Waals surface area contributed by atoms with Crippen LogP contribution in [0.4, 0.5) is 0 Å². The van der Waals surface area contributed by atoms with E-state index in [2.05, 4.69) is 6.07 Å². The van der Waals surface area contributed by atoms with Crippen LogP contribution in [0.3, 0.4) is 0 Å². The summed E-state index contributed by atoms with van der Waals surface area (Å²) in [7, 11) is 0. The molecule has 3 aromatic rings. The minimum Gasteiger partial charge on any atom is -0.457 e. The van der Waals surface area contributed by atoms with Crippen LogP contribution in [0.2, 0.25) is 10.0 Å². The Morgan fingerprint density at radius 1 is 0.762 bits per heavy atom. The second-order valence-corrected chi connectivity index (χ2v) is 5.35. The van der Waals surface area contributed by atoms with Crippen LogP contribution in [0.25, 0.3) is 11.1 Å². The van der Waals surface area contributed by atoms with E-state index in [4.69, 9.17) is 27.9 Å². The summed E-state index contributed by atoms with van der Waals surface area (Å²) in [4.78, 5) is 0. The number of ether oxygens (including phenoxy) is 1. The lowest BCUT2D eigenvalue weighted by atomic mass is 10.1. The highest BCUT2D eigenvalue weighted by atomic mass is 35.5. The zero-order valence-corrected chi connectivity index (χ0v) is 12.5. The van der Waals surface area contributed by atoms with Crippen LogP contribution in [0.5, 0.6) is 11.5 Å². The fraction of sp³-hybridized carbons (Fsp3) is 0. The lowest BCUT2D eigenvalue weighted by Gasteiger charge is -2.09. The topological polar surface area (TPSA) is 9.23 Å². The third-order valence-electron chi connectivity index (χ3n) is 2.94. The molecule has 0 aromatic heterocycles. The molecule has 0 saturated heterocycles. The summed E-state index contributed by atoms with van der Waals surface area (Å²) < 4.78 is 5.78. The molecule has 0 heterocycles. The molecule has 1 nitrogen and oxygen atoms in total. The van der Waals surface area contributed by atoms with Gasteiger partial charge >= 0.3 is 0 Å². The van der Waals surface area contributed by atoms with Crippen LogP contribution >= 0.6 is 23.2 Å². The highest BCUT2D eigenvalue weighted by molar-refractivity contribution is 6.31. The SMILES string of the molecule is Clc1[c]c(Oc2ccccc2)cc(-c2cccc(Cl)c2)c1. The number of rotatable bonds is 3. The van der Waals surface area contributed by atoms with Crippen molar-refractivity contribution >= 4 is 23.2 Å². The summed E-state index contributed by atoms with van der Waals surface area (Å²) in [6.45, 7) is 0. The first-order valence-electron chi connectivity index (χ1n) is 6.42. The van der Waals surface area contributed by atoms with Gasteiger partial charge in [0, 0.05) is 11.1 Å². The molecule has 0 aliphatic rings. The fourth-order valence-corrected chi connectivity index (χ4v) is 2.42. The molecule has 0 fully saturated rings. The van der Waals surface area contributed by atoms with Crippen molar-refractivity contribution in [1.29, 1.82) is 0 Å². The van der Waals surface area contributed by atoms with Gasteiger partial charge in [-0.1, -0.05) is 53.5 Å². The molecule has 0 spiro atoms. The predicted octanol–water partition coefficient (Wildman–Crippen LogP) is 6.25. The summed E-state index contributed by atoms with van der Waals surface area (Å²) in [6.07, 6.45) is 0. The van der Waals surface area contributed by atoms with Crippen molar-refractivity contribution < 1.29 is 4.74 Å². The van der Waals surface area contributed by atoms with Crippen molar-refractivity contribution in [2.45, 2.75) is 0 Å². The Morgan fingerprint density at radius 2 is 1.57 bits per heavy atom. The molecular formula is C18H11Cl2O. The van der Waals surface area contributed by atoms with Crippen LogP contribution in [-0.2, 0) is 0 Å². The molecule has 0 N–H and O–H groups in total. The van der Waals surface area contributed by atoms with E-state index < -0.39 is 0 Å². The van der Waals surface area contributed by atoms with E-state index in [1.165, 1.54) is 0 Å². The van der Waals surface area contributed by atoms with Crippen molar-refractivity contribution in [1.82, 2.24) is 0 Å². The van der Waals surface area contributed by atoms with Gasteiger partial charge in [0.2, 0.25) is 0 Å². The maximum atomic E-state index is 6.14. The average molecular weight is 314 g/mol. The first kappa shape index (κ1) is 14.0. The summed E-state index contributed by atoms with van der Waals surface area (Å²) in [5, 5.41) is 1.18. The Balaban J connectivity index is 1.97. The molecule has 3 heteroatoms. The zero-order valence-electron chi connectivity index (χ0n) is 11.0. The van der Waals surface area contributed by atoms with E-state index in [-0.39, 0.29) is 0 Å². The standard InChI is InChI=1S/C18H11Cl2O/c19-15-6-4-5-13(9-15)14-10-16(20)12-18(11-14)21-17-7-2-1-3-8-17/h1-11H. The summed E-state index contributed by atoms with van der Waals surface area (Å²) >= 11 is 12.2. The third-order valence-corrected chi connectivity index (χ3v) is 3.38. The second kappa shape index (κ2) is 6.21. The molecule has 0 saturated carbocycles. The Kier molecular flexibility index (Phi) is 4.14. The molecule has 0 unspecified atom stereocenters. The molecule has 0 bridgehead atoms. The first-order valence-corrected chi connectivity index (χ1v) is 7.18. The number of hydrogen-bond acceptors (Lipinski definition) is 1. The highest BCUT2D eigenvalue weighted by Gasteiger charge is 2.05. The van der Waals surface area contributed by atoms with Crippen LogP contribution in [0.15, 0.2) is 66.7 Å². The highest BCUT2D eigenvalue weighted by Crippen LogP contribution is 2.31. The monoisotopic (exact) mass is 313 g/mol. The molecule has 0 amide bonds. The van der Waals surface area contributed by atoms with Gasteiger partial charge in [0.1, 0.15) is 11.5 Å². The van der Waals surface area contributed by atoms with Crippen molar-refractivity contribution in [2.75, 3.05) is 0 Å². The molecule has 103 valence electrons. The van der Waals surface area contributed by atoms with E-state index in [1.807, 2.05) is 66.7 Å². The van der Waals surface area contributed by atoms with Crippen LogP contribution in [-0.4, -0.2) is 0 Å². The first-order chi connectivity index (χ1) is 10.2. The van der Waals surface area contributed by atoms with E-state index in [9.17, 15) is 0 Å². The van der Waals surface area contributed by atoms with Crippen LogP contribution in [0, 0.1) is 6.07 Å². The Bertz CT molecular complexity index is 754. The van der Waals surface area contributed by atoms with Gasteiger partial charge in [0.25, 0.3) is 0 Å². The molecule has 3 rings (SSSR count). The van der Waals surface area contributed by atoms with E-state index in [1.54, 1.807) is 0 Å². The Morgan fingerprint density at radius 3 is 2.33 bits per heavy atom. The fourth-order valence-electron chi connectivity index (χ4n) is 2.01. The Labute approximate surface area is 133 Å². The minimum atomic E-state index is 0.499. The van der Waals surface area contributed by atoms with E-state index in [0.717, 1.165) is 16.9 Å². The van der Waals surface area contributed by atoms with Gasteiger partial charge in [-0.2, -0.15) is 0 Å². The zero-order chi connectivity index (χ0) is 14.7. The molecule has 0 atom stereocenters. The summed E-state index contributed by atoms with van der Waals surface area (Å²) in [5.74, 6) is 1.32. The Hall–Kier alpha value is -1.96. The maximum Gasteiger partial charge on any atom is 0.137 e. The molecule has 1 radical (unpaired) electrons. The van der Waals surface area contributed by atoms with Gasteiger partial charge in [0.05, 0.1) is 5.02 Å². The van der Waals surface area contributed by atoms with Gasteiger partial charge in [-0.05, 0) is 47.5 Å². The van der Waals surface area contributed by atoms with Crippen molar-refractivity contribution in [3.63, 3.8) is 0 Å². The van der Waals surface area contributed by atoms with Crippen LogP contribution < -0.4 is 4.74 Å². The third kappa shape index (κ3) is 3.57. The number of para-hydroxylation sites is 1. The normalized spacial score (nSPS) is 10.4. The molecule has 0 aliphatic carbocycles. The quantitative estimate of drug-likeness (QED) is 0.555. The van der Waals surface area contributed by atoms with Gasteiger partial charge in [-0.15, -0.1) is 0 Å². The van der Waals surface area contributed by atoms with Crippen molar-refractivity contribution in [3.05, 3.63) is 82.8 Å². The molecule has 0 aliphatic heterocycles. The van der Waals surface area contributed by atoms with Gasteiger partial charge in [-0.3, -0.25) is 0 Å².